The number of likely N-dealkylation sites (tertiary alicyclic amines) is 1. The van der Waals surface area contributed by atoms with Gasteiger partial charge in [-0.2, -0.15) is 0 Å². The number of hydrogen-bond donors (Lipinski definition) is 0. The average Bonchev–Trinajstić information content (AvgIpc) is 2.79. The molecule has 1 fully saturated rings. The molecule has 0 radical (unpaired) electrons. The van der Waals surface area contributed by atoms with Crippen LogP contribution in [0.3, 0.4) is 0 Å². The summed E-state index contributed by atoms with van der Waals surface area (Å²) in [6.07, 6.45) is -0.113. The van der Waals surface area contributed by atoms with Crippen LogP contribution in [0.15, 0.2) is 0 Å². The van der Waals surface area contributed by atoms with Gasteiger partial charge in [0.25, 0.3) is 0 Å². The Bertz CT molecular complexity index is 877. The van der Waals surface area contributed by atoms with Crippen LogP contribution in [0.5, 0.6) is 0 Å². The van der Waals surface area contributed by atoms with E-state index in [0.29, 0.717) is 4.86 Å². The van der Waals surface area contributed by atoms with Gasteiger partial charge in [0.2, 0.25) is 11.4 Å². The second kappa shape index (κ2) is 14.2. The predicted octanol–water partition coefficient (Wildman–Crippen LogP) is 3.88. The third-order valence-electron chi connectivity index (χ3n) is 7.04. The van der Waals surface area contributed by atoms with Crippen molar-refractivity contribution < 1.29 is 37.8 Å². The van der Waals surface area contributed by atoms with Crippen LogP contribution in [0, 0.1) is 23.2 Å². The maximum absolute atomic E-state index is 13.7. The van der Waals surface area contributed by atoms with Gasteiger partial charge < -0.3 is 23.5 Å². The number of hydrogen-bond acceptors (Lipinski definition) is 9. The van der Waals surface area contributed by atoms with Gasteiger partial charge in [0.1, 0.15) is 0 Å². The van der Waals surface area contributed by atoms with Crippen LogP contribution in [0.1, 0.15) is 61.8 Å². The molecule has 0 aliphatic carbocycles. The molecule has 1 amide bonds. The second-order valence-corrected chi connectivity index (χ2v) is 14.1. The zero-order valence-electron chi connectivity index (χ0n) is 24.3. The van der Waals surface area contributed by atoms with Gasteiger partial charge in [0, 0.05) is 12.3 Å². The molecule has 0 spiro atoms. The SMILES string of the molecule is CCOC(=O)C(CC(=S)[C@H](C)[C@@H]1[C@@H]([C@@](C)(O[SiH](C)C)C(C)(C)C)C(=O)N1C(Cl)C(=O)OCC)C(=O)OCC. The van der Waals surface area contributed by atoms with Crippen molar-refractivity contribution in [2.45, 2.75) is 92.0 Å². The summed E-state index contributed by atoms with van der Waals surface area (Å²) in [5.41, 5.74) is -2.72. The van der Waals surface area contributed by atoms with Crippen molar-refractivity contribution >= 4 is 61.5 Å². The third-order valence-corrected chi connectivity index (χ3v) is 8.93. The molecule has 1 aliphatic rings. The minimum atomic E-state index is -1.64. The quantitative estimate of drug-likeness (QED) is 0.0433. The highest BCUT2D eigenvalue weighted by atomic mass is 35.5. The Morgan fingerprint density at radius 3 is 1.82 bits per heavy atom. The topological polar surface area (TPSA) is 108 Å². The van der Waals surface area contributed by atoms with E-state index in [1.807, 2.05) is 40.8 Å². The van der Waals surface area contributed by atoms with E-state index in [1.54, 1.807) is 27.7 Å². The van der Waals surface area contributed by atoms with E-state index in [4.69, 9.17) is 42.5 Å². The molecule has 1 unspecified atom stereocenters. The molecule has 1 heterocycles. The molecule has 1 aliphatic heterocycles. The highest BCUT2D eigenvalue weighted by Gasteiger charge is 2.64. The highest BCUT2D eigenvalue weighted by molar-refractivity contribution is 7.80. The van der Waals surface area contributed by atoms with Crippen LogP contribution in [0.4, 0.5) is 0 Å². The van der Waals surface area contributed by atoms with Crippen LogP contribution in [0.2, 0.25) is 13.1 Å². The first kappa shape index (κ1) is 34.5. The number of alkyl halides is 1. The summed E-state index contributed by atoms with van der Waals surface area (Å²) in [5.74, 6) is -4.98. The number of rotatable bonds is 14. The van der Waals surface area contributed by atoms with Crippen molar-refractivity contribution in [1.82, 2.24) is 4.90 Å². The van der Waals surface area contributed by atoms with Gasteiger partial charge >= 0.3 is 17.9 Å². The first-order valence-electron chi connectivity index (χ1n) is 13.2. The van der Waals surface area contributed by atoms with Gasteiger partial charge in [-0.1, -0.05) is 51.5 Å². The van der Waals surface area contributed by atoms with E-state index in [-0.39, 0.29) is 32.1 Å². The van der Waals surface area contributed by atoms with E-state index in [9.17, 15) is 19.2 Å². The third kappa shape index (κ3) is 7.54. The lowest BCUT2D eigenvalue weighted by Crippen LogP contribution is -2.75. The number of nitrogens with zero attached hydrogens (tertiary/aromatic N) is 1. The summed E-state index contributed by atoms with van der Waals surface area (Å²) >= 11 is 12.2. The standard InChI is InChI=1S/C26H44ClNO8SSi/c1-11-33-22(30)16(23(31)34-12-2)14-17(37)15(4)19-18(26(8,25(5,6)7)36-38(9)10)21(29)28(19)20(27)24(32)35-13-3/h15-16,18-20,38H,11-14H2,1-10H3/t15-,18+,19+,20?,26+/m0/s1. The van der Waals surface area contributed by atoms with Gasteiger partial charge in [-0.3, -0.25) is 14.4 Å². The molecule has 0 aromatic rings. The maximum atomic E-state index is 13.7. The summed E-state index contributed by atoms with van der Waals surface area (Å²) in [7, 11) is -1.64. The van der Waals surface area contributed by atoms with Crippen molar-refractivity contribution in [3.8, 4) is 0 Å². The number of esters is 3. The van der Waals surface area contributed by atoms with E-state index in [2.05, 4.69) is 0 Å². The van der Waals surface area contributed by atoms with Gasteiger partial charge in [-0.15, -0.1) is 0 Å². The fourth-order valence-corrected chi connectivity index (χ4v) is 6.82. The van der Waals surface area contributed by atoms with Crippen molar-refractivity contribution in [2.75, 3.05) is 19.8 Å². The van der Waals surface area contributed by atoms with Gasteiger partial charge in [0.05, 0.1) is 37.4 Å². The Kier molecular flexibility index (Phi) is 12.9. The Hall–Kier alpha value is -1.56. The lowest BCUT2D eigenvalue weighted by Gasteiger charge is -2.60. The van der Waals surface area contributed by atoms with Crippen molar-refractivity contribution in [1.29, 1.82) is 0 Å². The largest absolute Gasteiger partial charge is 0.465 e. The average molecular weight is 594 g/mol. The molecule has 0 aromatic carbocycles. The van der Waals surface area contributed by atoms with E-state index < -0.39 is 67.3 Å². The molecule has 1 rings (SSSR count). The first-order valence-corrected chi connectivity index (χ1v) is 16.8. The summed E-state index contributed by atoms with van der Waals surface area (Å²) in [4.78, 5) is 53.1. The van der Waals surface area contributed by atoms with Gasteiger partial charge in [-0.25, -0.2) is 4.79 Å². The van der Waals surface area contributed by atoms with Crippen molar-refractivity contribution in [3.63, 3.8) is 0 Å². The Labute approximate surface area is 238 Å². The number of carbonyl (C=O) groups excluding carboxylic acids is 4. The van der Waals surface area contributed by atoms with E-state index >= 15 is 0 Å². The monoisotopic (exact) mass is 593 g/mol. The lowest BCUT2D eigenvalue weighted by molar-refractivity contribution is -0.194. The number of amides is 1. The fourth-order valence-electron chi connectivity index (χ4n) is 4.74. The number of carbonyl (C=O) groups is 4. The van der Waals surface area contributed by atoms with E-state index in [1.165, 1.54) is 4.90 Å². The zero-order chi connectivity index (χ0) is 29.6. The minimum absolute atomic E-state index is 0.0951. The fraction of sp³-hybridized carbons (Fsp3) is 0.808. The maximum Gasteiger partial charge on any atom is 0.344 e. The normalized spacial score (nSPS) is 20.9. The van der Waals surface area contributed by atoms with Crippen molar-refractivity contribution in [3.05, 3.63) is 0 Å². The summed E-state index contributed by atoms with van der Waals surface area (Å²) in [6.45, 7) is 19.0. The molecule has 1 saturated heterocycles. The summed E-state index contributed by atoms with van der Waals surface area (Å²) in [6, 6.07) is -0.635. The smallest absolute Gasteiger partial charge is 0.344 e. The molecule has 0 N–H and O–H groups in total. The van der Waals surface area contributed by atoms with E-state index in [0.717, 1.165) is 0 Å². The molecular weight excluding hydrogens is 550 g/mol. The molecule has 0 saturated carbocycles. The van der Waals surface area contributed by atoms with Gasteiger partial charge in [-0.05, 0) is 51.1 Å². The molecule has 12 heteroatoms. The number of halogens is 1. The van der Waals surface area contributed by atoms with Crippen LogP contribution in [-0.2, 0) is 37.8 Å². The van der Waals surface area contributed by atoms with Gasteiger partial charge in [0.15, 0.2) is 15.0 Å². The second-order valence-electron chi connectivity index (χ2n) is 10.8. The predicted molar refractivity (Wildman–Crippen MR) is 151 cm³/mol. The molecule has 38 heavy (non-hydrogen) atoms. The summed E-state index contributed by atoms with van der Waals surface area (Å²) < 4.78 is 21.8. The molecule has 0 aromatic heterocycles. The van der Waals surface area contributed by atoms with Crippen LogP contribution < -0.4 is 0 Å². The first-order chi connectivity index (χ1) is 17.5. The van der Waals surface area contributed by atoms with Crippen LogP contribution in [0.25, 0.3) is 0 Å². The number of thiocarbonyl (C=S) groups is 1. The highest BCUT2D eigenvalue weighted by Crippen LogP contribution is 2.51. The van der Waals surface area contributed by atoms with Crippen LogP contribution >= 0.6 is 23.8 Å². The van der Waals surface area contributed by atoms with Crippen LogP contribution in [-0.4, -0.2) is 79.6 Å². The zero-order valence-corrected chi connectivity index (χ0v) is 27.0. The molecule has 9 nitrogen and oxygen atoms in total. The Balaban J connectivity index is 3.52. The molecule has 218 valence electrons. The minimum Gasteiger partial charge on any atom is -0.465 e. The molecular formula is C26H44ClNO8SSi. The Morgan fingerprint density at radius 1 is 0.974 bits per heavy atom. The number of ether oxygens (including phenoxy) is 3. The number of β-lactam (4-membered cyclic amide) rings is 1. The Morgan fingerprint density at radius 2 is 1.42 bits per heavy atom. The van der Waals surface area contributed by atoms with Crippen molar-refractivity contribution in [2.24, 2.45) is 23.2 Å². The molecule has 5 atom stereocenters. The molecule has 0 bridgehead atoms. The lowest BCUT2D eigenvalue weighted by atomic mass is 9.61. The summed E-state index contributed by atoms with van der Waals surface area (Å²) in [5, 5.41) is 0.